The number of ether oxygens (including phenoxy) is 1. The van der Waals surface area contributed by atoms with E-state index < -0.39 is 11.6 Å². The molecule has 3 aromatic rings. The van der Waals surface area contributed by atoms with Gasteiger partial charge in [0, 0.05) is 16.5 Å². The minimum Gasteiger partial charge on any atom is -0.478 e. The highest BCUT2D eigenvalue weighted by Crippen LogP contribution is 2.31. The molecule has 1 heterocycles. The predicted octanol–water partition coefficient (Wildman–Crippen LogP) is 5.49. The first kappa shape index (κ1) is 20.0. The minimum atomic E-state index is -1.27. The van der Waals surface area contributed by atoms with Crippen LogP contribution in [-0.2, 0) is 10.5 Å². The Morgan fingerprint density at radius 1 is 1.14 bits per heavy atom. The lowest BCUT2D eigenvalue weighted by Gasteiger charge is -2.22. The van der Waals surface area contributed by atoms with E-state index in [4.69, 9.17) is 9.26 Å². The molecule has 1 N–H and O–H groups in total. The summed E-state index contributed by atoms with van der Waals surface area (Å²) in [5, 5.41) is 13.4. The maximum absolute atomic E-state index is 11.2. The molecule has 0 unspecified atom stereocenters. The number of aromatic nitrogens is 1. The molecule has 0 saturated heterocycles. The summed E-state index contributed by atoms with van der Waals surface area (Å²) in [6, 6.07) is 15.8. The maximum atomic E-state index is 11.2. The number of carboxylic acids is 1. The zero-order valence-corrected chi connectivity index (χ0v) is 17.2. The molecular weight excluding hydrogens is 374 g/mol. The lowest BCUT2D eigenvalue weighted by atomic mass is 10.1. The van der Waals surface area contributed by atoms with E-state index in [-0.39, 0.29) is 0 Å². The molecule has 1 aromatic heterocycles. The van der Waals surface area contributed by atoms with E-state index >= 15 is 0 Å². The summed E-state index contributed by atoms with van der Waals surface area (Å²) >= 11 is 1.63. The lowest BCUT2D eigenvalue weighted by molar-refractivity contribution is -0.152. The normalized spacial score (nSPS) is 11.4. The molecule has 0 atom stereocenters. The number of nitrogens with zero attached hydrogens (tertiary/aromatic N) is 1. The Bertz CT molecular complexity index is 976. The number of benzene rings is 2. The molecule has 0 aliphatic rings. The van der Waals surface area contributed by atoms with Crippen molar-refractivity contribution in [3.8, 4) is 17.0 Å². The average Bonchev–Trinajstić information content (AvgIpc) is 3.11. The summed E-state index contributed by atoms with van der Waals surface area (Å²) in [5.74, 6) is 1.02. The number of aliphatic carboxylic acids is 1. The predicted molar refractivity (Wildman–Crippen MR) is 110 cm³/mol. The Balaban J connectivity index is 1.64. The fraction of sp³-hybridized carbons (Fsp3) is 0.273. The highest BCUT2D eigenvalue weighted by Gasteiger charge is 2.29. The van der Waals surface area contributed by atoms with Crippen LogP contribution in [0.15, 0.2) is 57.9 Å². The lowest BCUT2D eigenvalue weighted by Crippen LogP contribution is -2.38. The fourth-order valence-electron chi connectivity index (χ4n) is 2.54. The molecule has 0 aliphatic carbocycles. The molecule has 0 spiro atoms. The first-order valence-electron chi connectivity index (χ1n) is 8.93. The van der Waals surface area contributed by atoms with Crippen LogP contribution in [0, 0.1) is 13.8 Å². The van der Waals surface area contributed by atoms with Crippen LogP contribution in [0.4, 0.5) is 0 Å². The average molecular weight is 397 g/mol. The Morgan fingerprint density at radius 2 is 1.86 bits per heavy atom. The van der Waals surface area contributed by atoms with Crippen molar-refractivity contribution in [1.29, 1.82) is 0 Å². The Kier molecular flexibility index (Phi) is 5.79. The zero-order valence-electron chi connectivity index (χ0n) is 16.4. The van der Waals surface area contributed by atoms with E-state index in [1.807, 2.05) is 37.3 Å². The quantitative estimate of drug-likeness (QED) is 0.531. The number of aryl methyl sites for hydroxylation is 2. The second kappa shape index (κ2) is 8.10. The molecule has 5 nitrogen and oxygen atoms in total. The highest BCUT2D eigenvalue weighted by molar-refractivity contribution is 7.98. The summed E-state index contributed by atoms with van der Waals surface area (Å²) in [7, 11) is 0. The third kappa shape index (κ3) is 4.75. The number of carbonyl (C=O) groups is 1. The van der Waals surface area contributed by atoms with Crippen LogP contribution in [0.3, 0.4) is 0 Å². The smallest absolute Gasteiger partial charge is 0.347 e. The SMILES string of the molecule is Cc1ccc(-c2cc(CSc3ccc(OC(C)(C)C(=O)O)c(C)c3)on2)cc1. The molecule has 2 aromatic carbocycles. The van der Waals surface area contributed by atoms with Gasteiger partial charge in [-0.2, -0.15) is 0 Å². The van der Waals surface area contributed by atoms with Gasteiger partial charge in [-0.1, -0.05) is 35.0 Å². The van der Waals surface area contributed by atoms with Crippen molar-refractivity contribution >= 4 is 17.7 Å². The number of thioether (sulfide) groups is 1. The van der Waals surface area contributed by atoms with Crippen molar-refractivity contribution < 1.29 is 19.2 Å². The van der Waals surface area contributed by atoms with Crippen molar-refractivity contribution in [2.24, 2.45) is 0 Å². The summed E-state index contributed by atoms with van der Waals surface area (Å²) in [4.78, 5) is 12.3. The van der Waals surface area contributed by atoms with Crippen LogP contribution in [-0.4, -0.2) is 21.8 Å². The van der Waals surface area contributed by atoms with Gasteiger partial charge in [0.25, 0.3) is 0 Å². The van der Waals surface area contributed by atoms with Gasteiger partial charge >= 0.3 is 5.97 Å². The van der Waals surface area contributed by atoms with Crippen LogP contribution in [0.25, 0.3) is 11.3 Å². The number of hydrogen-bond donors (Lipinski definition) is 1. The monoisotopic (exact) mass is 397 g/mol. The van der Waals surface area contributed by atoms with Crippen molar-refractivity contribution in [1.82, 2.24) is 5.16 Å². The van der Waals surface area contributed by atoms with Crippen molar-refractivity contribution in [3.63, 3.8) is 0 Å². The molecule has 0 fully saturated rings. The first-order valence-corrected chi connectivity index (χ1v) is 9.91. The highest BCUT2D eigenvalue weighted by atomic mass is 32.2. The minimum absolute atomic E-state index is 0.568. The number of rotatable bonds is 7. The summed E-state index contributed by atoms with van der Waals surface area (Å²) in [6.45, 7) is 7.02. The van der Waals surface area contributed by atoms with Crippen LogP contribution >= 0.6 is 11.8 Å². The molecule has 0 saturated carbocycles. The van der Waals surface area contributed by atoms with Gasteiger partial charge in [0.05, 0.1) is 5.75 Å². The molecule has 28 heavy (non-hydrogen) atoms. The van der Waals surface area contributed by atoms with Gasteiger partial charge in [-0.3, -0.25) is 0 Å². The van der Waals surface area contributed by atoms with Crippen LogP contribution in [0.2, 0.25) is 0 Å². The second-order valence-corrected chi connectivity index (χ2v) is 8.23. The summed E-state index contributed by atoms with van der Waals surface area (Å²) in [5.41, 5.74) is 2.68. The molecule has 146 valence electrons. The van der Waals surface area contributed by atoms with E-state index in [9.17, 15) is 9.90 Å². The molecule has 0 amide bonds. The standard InChI is InChI=1S/C22H23NO4S/c1-14-5-7-16(8-6-14)19-12-17(27-23-19)13-28-18-9-10-20(15(2)11-18)26-22(3,4)21(24)25/h5-12H,13H2,1-4H3,(H,24,25). The van der Waals surface area contributed by atoms with Gasteiger partial charge in [0.2, 0.25) is 0 Å². The molecule has 6 heteroatoms. The fourth-order valence-corrected chi connectivity index (χ4v) is 3.41. The third-order valence-corrected chi connectivity index (χ3v) is 5.33. The topological polar surface area (TPSA) is 72.6 Å². The van der Waals surface area contributed by atoms with Gasteiger partial charge in [-0.05, 0) is 51.5 Å². The Labute approximate surface area is 168 Å². The third-order valence-electron chi connectivity index (χ3n) is 4.31. The second-order valence-electron chi connectivity index (χ2n) is 7.18. The molecule has 0 bridgehead atoms. The van der Waals surface area contributed by atoms with Gasteiger partial charge in [-0.15, -0.1) is 11.8 Å². The summed E-state index contributed by atoms with van der Waals surface area (Å²) in [6.07, 6.45) is 0. The molecular formula is C22H23NO4S. The van der Waals surface area contributed by atoms with Gasteiger partial charge in [-0.25, -0.2) is 4.79 Å². The number of carboxylic acid groups (broad SMARTS) is 1. The van der Waals surface area contributed by atoms with Crippen LogP contribution in [0.5, 0.6) is 5.75 Å². The van der Waals surface area contributed by atoms with Crippen LogP contribution < -0.4 is 4.74 Å². The largest absolute Gasteiger partial charge is 0.478 e. The van der Waals surface area contributed by atoms with Gasteiger partial charge in [0.15, 0.2) is 5.60 Å². The molecule has 0 aliphatic heterocycles. The molecule has 3 rings (SSSR count). The first-order chi connectivity index (χ1) is 13.2. The van der Waals surface area contributed by atoms with Crippen molar-refractivity contribution in [2.75, 3.05) is 0 Å². The van der Waals surface area contributed by atoms with Gasteiger partial charge in [0.1, 0.15) is 17.2 Å². The van der Waals surface area contributed by atoms with E-state index in [0.717, 1.165) is 27.5 Å². The zero-order chi connectivity index (χ0) is 20.3. The van der Waals surface area contributed by atoms with Crippen molar-refractivity contribution in [2.45, 2.75) is 43.9 Å². The van der Waals surface area contributed by atoms with Crippen LogP contribution in [0.1, 0.15) is 30.7 Å². The Morgan fingerprint density at radius 3 is 2.50 bits per heavy atom. The maximum Gasteiger partial charge on any atom is 0.347 e. The van der Waals surface area contributed by atoms with Crippen molar-refractivity contribution in [3.05, 3.63) is 65.4 Å². The Hall–Kier alpha value is -2.73. The summed E-state index contributed by atoms with van der Waals surface area (Å²) < 4.78 is 11.1. The van der Waals surface area contributed by atoms with E-state index in [1.165, 1.54) is 19.4 Å². The van der Waals surface area contributed by atoms with Gasteiger partial charge < -0.3 is 14.4 Å². The van der Waals surface area contributed by atoms with E-state index in [0.29, 0.717) is 11.5 Å². The van der Waals surface area contributed by atoms with E-state index in [2.05, 4.69) is 24.2 Å². The molecule has 0 radical (unpaired) electrons. The van der Waals surface area contributed by atoms with E-state index in [1.54, 1.807) is 17.8 Å². The number of hydrogen-bond acceptors (Lipinski definition) is 5.